The molecule has 0 saturated carbocycles. The van der Waals surface area contributed by atoms with Crippen molar-refractivity contribution >= 4 is 5.69 Å². The molecule has 1 unspecified atom stereocenters. The molecular weight excluding hydrogens is 216 g/mol. The van der Waals surface area contributed by atoms with Gasteiger partial charge in [0.1, 0.15) is 5.75 Å². The fourth-order valence-electron chi connectivity index (χ4n) is 2.24. The number of hydrogen-bond donors (Lipinski definition) is 3. The van der Waals surface area contributed by atoms with E-state index in [0.717, 1.165) is 37.2 Å². The Hall–Kier alpha value is -1.26. The Balaban J connectivity index is 2.14. The first kappa shape index (κ1) is 12.2. The number of aromatic hydroxyl groups is 1. The summed E-state index contributed by atoms with van der Waals surface area (Å²) < 4.78 is 0. The summed E-state index contributed by atoms with van der Waals surface area (Å²) in [6.45, 7) is 3.52. The SMILES string of the molecule is CC(N)c1ccc(N2CCC(O)CC2)cc1O. The Labute approximate surface area is 102 Å². The fourth-order valence-corrected chi connectivity index (χ4v) is 2.24. The van der Waals surface area contributed by atoms with Crippen LogP contribution >= 0.6 is 0 Å². The zero-order valence-electron chi connectivity index (χ0n) is 10.1. The van der Waals surface area contributed by atoms with Crippen LogP contribution in [0.25, 0.3) is 0 Å². The summed E-state index contributed by atoms with van der Waals surface area (Å²) in [5.74, 6) is 0.253. The Morgan fingerprint density at radius 1 is 1.35 bits per heavy atom. The number of aliphatic hydroxyl groups is 1. The molecule has 1 aromatic carbocycles. The molecule has 4 N–H and O–H groups in total. The molecule has 0 aliphatic carbocycles. The topological polar surface area (TPSA) is 69.7 Å². The third kappa shape index (κ3) is 2.70. The molecule has 0 spiro atoms. The molecule has 1 atom stereocenters. The van der Waals surface area contributed by atoms with E-state index in [1.807, 2.05) is 19.1 Å². The molecule has 2 rings (SSSR count). The molecule has 4 nitrogen and oxygen atoms in total. The van der Waals surface area contributed by atoms with Gasteiger partial charge in [-0.25, -0.2) is 0 Å². The molecule has 4 heteroatoms. The highest BCUT2D eigenvalue weighted by molar-refractivity contribution is 5.54. The highest BCUT2D eigenvalue weighted by Crippen LogP contribution is 2.29. The predicted molar refractivity (Wildman–Crippen MR) is 68.2 cm³/mol. The average molecular weight is 236 g/mol. The molecule has 1 aliphatic rings. The molecule has 0 amide bonds. The van der Waals surface area contributed by atoms with E-state index in [-0.39, 0.29) is 17.9 Å². The highest BCUT2D eigenvalue weighted by Gasteiger charge is 2.18. The zero-order valence-corrected chi connectivity index (χ0v) is 10.1. The van der Waals surface area contributed by atoms with Gasteiger partial charge in [0.25, 0.3) is 0 Å². The number of aliphatic hydroxyl groups excluding tert-OH is 1. The number of nitrogens with zero attached hydrogens (tertiary/aromatic N) is 1. The molecule has 0 aromatic heterocycles. The van der Waals surface area contributed by atoms with Crippen LogP contribution in [0, 0.1) is 0 Å². The van der Waals surface area contributed by atoms with Gasteiger partial charge in [0.05, 0.1) is 6.10 Å². The third-order valence-electron chi connectivity index (χ3n) is 3.33. The first-order valence-electron chi connectivity index (χ1n) is 6.09. The maximum absolute atomic E-state index is 9.89. The number of anilines is 1. The van der Waals surface area contributed by atoms with Crippen LogP contribution in [0.1, 0.15) is 31.4 Å². The van der Waals surface area contributed by atoms with Crippen LogP contribution < -0.4 is 10.6 Å². The van der Waals surface area contributed by atoms with Gasteiger partial charge in [-0.1, -0.05) is 6.07 Å². The number of phenols is 1. The molecule has 0 bridgehead atoms. The number of piperidine rings is 1. The molecule has 1 saturated heterocycles. The maximum atomic E-state index is 9.89. The summed E-state index contributed by atoms with van der Waals surface area (Å²) in [6, 6.07) is 5.46. The molecule has 1 heterocycles. The minimum Gasteiger partial charge on any atom is -0.508 e. The minimum atomic E-state index is -0.178. The van der Waals surface area contributed by atoms with Gasteiger partial charge >= 0.3 is 0 Å². The van der Waals surface area contributed by atoms with Crippen molar-refractivity contribution in [1.82, 2.24) is 0 Å². The maximum Gasteiger partial charge on any atom is 0.122 e. The first-order chi connectivity index (χ1) is 8.08. The van der Waals surface area contributed by atoms with E-state index in [1.165, 1.54) is 0 Å². The van der Waals surface area contributed by atoms with Crippen molar-refractivity contribution in [2.24, 2.45) is 5.73 Å². The number of benzene rings is 1. The number of phenolic OH excluding ortho intramolecular Hbond substituents is 1. The Morgan fingerprint density at radius 3 is 2.53 bits per heavy atom. The summed E-state index contributed by atoms with van der Waals surface area (Å²) in [6.07, 6.45) is 1.40. The fraction of sp³-hybridized carbons (Fsp3) is 0.538. The lowest BCUT2D eigenvalue weighted by Crippen LogP contribution is -2.35. The first-order valence-corrected chi connectivity index (χ1v) is 6.09. The van der Waals surface area contributed by atoms with Crippen LogP contribution in [0.3, 0.4) is 0 Å². The van der Waals surface area contributed by atoms with Crippen molar-refractivity contribution in [2.75, 3.05) is 18.0 Å². The van der Waals surface area contributed by atoms with Crippen LogP contribution in [-0.4, -0.2) is 29.4 Å². The lowest BCUT2D eigenvalue weighted by Gasteiger charge is -2.31. The van der Waals surface area contributed by atoms with Crippen LogP contribution in [0.5, 0.6) is 5.75 Å². The van der Waals surface area contributed by atoms with Crippen LogP contribution in [0.15, 0.2) is 18.2 Å². The van der Waals surface area contributed by atoms with Gasteiger partial charge in [0.15, 0.2) is 0 Å². The van der Waals surface area contributed by atoms with E-state index in [1.54, 1.807) is 6.07 Å². The standard InChI is InChI=1S/C13H20N2O2/c1-9(14)12-3-2-10(8-13(12)17)15-6-4-11(16)5-7-15/h2-3,8-9,11,16-17H,4-7,14H2,1H3. The Morgan fingerprint density at radius 2 is 2.00 bits per heavy atom. The lowest BCUT2D eigenvalue weighted by molar-refractivity contribution is 0.145. The van der Waals surface area contributed by atoms with Crippen LogP contribution in [0.2, 0.25) is 0 Å². The second-order valence-corrected chi connectivity index (χ2v) is 4.75. The Kier molecular flexibility index (Phi) is 3.54. The van der Waals surface area contributed by atoms with Gasteiger partial charge in [-0.2, -0.15) is 0 Å². The molecule has 0 radical (unpaired) electrons. The van der Waals surface area contributed by atoms with Gasteiger partial charge in [0, 0.05) is 36.4 Å². The van der Waals surface area contributed by atoms with E-state index in [2.05, 4.69) is 4.90 Å². The van der Waals surface area contributed by atoms with Gasteiger partial charge in [-0.05, 0) is 25.8 Å². The van der Waals surface area contributed by atoms with Crippen molar-refractivity contribution in [2.45, 2.75) is 31.9 Å². The van der Waals surface area contributed by atoms with Crippen molar-refractivity contribution < 1.29 is 10.2 Å². The zero-order chi connectivity index (χ0) is 12.4. The van der Waals surface area contributed by atoms with Crippen molar-refractivity contribution in [1.29, 1.82) is 0 Å². The van der Waals surface area contributed by atoms with Gasteiger partial charge in [0.2, 0.25) is 0 Å². The van der Waals surface area contributed by atoms with E-state index >= 15 is 0 Å². The van der Waals surface area contributed by atoms with Crippen molar-refractivity contribution in [3.63, 3.8) is 0 Å². The molecule has 1 aromatic rings. The largest absolute Gasteiger partial charge is 0.508 e. The summed E-state index contributed by atoms with van der Waals surface area (Å²) >= 11 is 0. The summed E-state index contributed by atoms with van der Waals surface area (Å²) in [7, 11) is 0. The summed E-state index contributed by atoms with van der Waals surface area (Å²) in [5.41, 5.74) is 7.52. The van der Waals surface area contributed by atoms with E-state index in [0.29, 0.717) is 0 Å². The molecule has 94 valence electrons. The quantitative estimate of drug-likeness (QED) is 0.725. The van der Waals surface area contributed by atoms with E-state index in [9.17, 15) is 10.2 Å². The van der Waals surface area contributed by atoms with Crippen molar-refractivity contribution in [3.8, 4) is 5.75 Å². The number of hydrogen-bond acceptors (Lipinski definition) is 4. The second-order valence-electron chi connectivity index (χ2n) is 4.75. The highest BCUT2D eigenvalue weighted by atomic mass is 16.3. The molecule has 17 heavy (non-hydrogen) atoms. The third-order valence-corrected chi connectivity index (χ3v) is 3.33. The van der Waals surface area contributed by atoms with Gasteiger partial charge in [-0.3, -0.25) is 0 Å². The number of nitrogens with two attached hydrogens (primary N) is 1. The average Bonchev–Trinajstić information content (AvgIpc) is 2.29. The van der Waals surface area contributed by atoms with E-state index in [4.69, 9.17) is 5.73 Å². The minimum absolute atomic E-state index is 0.160. The van der Waals surface area contributed by atoms with Crippen molar-refractivity contribution in [3.05, 3.63) is 23.8 Å². The van der Waals surface area contributed by atoms with E-state index < -0.39 is 0 Å². The normalized spacial score (nSPS) is 19.4. The molecule has 1 fully saturated rings. The second kappa shape index (κ2) is 4.94. The monoisotopic (exact) mass is 236 g/mol. The molecular formula is C13H20N2O2. The van der Waals surface area contributed by atoms with Gasteiger partial charge < -0.3 is 20.8 Å². The van der Waals surface area contributed by atoms with Gasteiger partial charge in [-0.15, -0.1) is 0 Å². The summed E-state index contributed by atoms with van der Waals surface area (Å²) in [5, 5.41) is 19.3. The Bertz CT molecular complexity index is 385. The smallest absolute Gasteiger partial charge is 0.122 e. The van der Waals surface area contributed by atoms with Crippen LogP contribution in [0.4, 0.5) is 5.69 Å². The molecule has 1 aliphatic heterocycles. The lowest BCUT2D eigenvalue weighted by atomic mass is 10.0. The predicted octanol–water partition coefficient (Wildman–Crippen LogP) is 1.37. The summed E-state index contributed by atoms with van der Waals surface area (Å²) in [4.78, 5) is 2.18. The number of rotatable bonds is 2. The van der Waals surface area contributed by atoms with Crippen LogP contribution in [-0.2, 0) is 0 Å².